The van der Waals surface area contributed by atoms with Gasteiger partial charge in [0, 0.05) is 6.04 Å². The monoisotopic (exact) mass is 237 g/mol. The zero-order chi connectivity index (χ0) is 12.0. The van der Waals surface area contributed by atoms with Gasteiger partial charge in [0.2, 0.25) is 0 Å². The van der Waals surface area contributed by atoms with Crippen LogP contribution in [0.25, 0.3) is 0 Å². The first-order chi connectivity index (χ1) is 7.69. The lowest BCUT2D eigenvalue weighted by atomic mass is 10.0. The lowest BCUT2D eigenvalue weighted by Gasteiger charge is -2.14. The first-order valence-electron chi connectivity index (χ1n) is 5.28. The van der Waals surface area contributed by atoms with Gasteiger partial charge in [-0.1, -0.05) is 36.6 Å². The van der Waals surface area contributed by atoms with Crippen LogP contribution in [0.3, 0.4) is 0 Å². The molecule has 0 aliphatic carbocycles. The summed E-state index contributed by atoms with van der Waals surface area (Å²) >= 11 is 6.06. The molecule has 2 nitrogen and oxygen atoms in total. The van der Waals surface area contributed by atoms with Crippen LogP contribution >= 0.6 is 11.6 Å². The van der Waals surface area contributed by atoms with Crippen molar-refractivity contribution in [2.75, 3.05) is 6.61 Å². The summed E-state index contributed by atoms with van der Waals surface area (Å²) in [5, 5.41) is 0.580. The van der Waals surface area contributed by atoms with E-state index in [9.17, 15) is 0 Å². The van der Waals surface area contributed by atoms with E-state index in [4.69, 9.17) is 28.5 Å². The molecule has 3 heteroatoms. The van der Waals surface area contributed by atoms with Crippen molar-refractivity contribution in [3.8, 4) is 18.1 Å². The molecule has 0 saturated heterocycles. The maximum atomic E-state index is 6.06. The second-order valence-electron chi connectivity index (χ2n) is 3.59. The van der Waals surface area contributed by atoms with Crippen molar-refractivity contribution in [1.29, 1.82) is 0 Å². The van der Waals surface area contributed by atoms with Crippen LogP contribution < -0.4 is 10.5 Å². The Balaban J connectivity index is 2.89. The van der Waals surface area contributed by atoms with Gasteiger partial charge in [-0.3, -0.25) is 0 Å². The van der Waals surface area contributed by atoms with Crippen LogP contribution in [0.2, 0.25) is 5.02 Å². The predicted octanol–water partition coefficient (Wildman–Crippen LogP) is 2.63. The van der Waals surface area contributed by atoms with Crippen molar-refractivity contribution in [3.63, 3.8) is 0 Å². The first-order valence-corrected chi connectivity index (χ1v) is 5.66. The number of hydrogen-bond donors (Lipinski definition) is 1. The van der Waals surface area contributed by atoms with Crippen LogP contribution in [0.15, 0.2) is 18.2 Å². The van der Waals surface area contributed by atoms with Gasteiger partial charge < -0.3 is 10.5 Å². The maximum absolute atomic E-state index is 6.06. The molecule has 0 aromatic heterocycles. The third kappa shape index (κ3) is 3.44. The molecule has 86 valence electrons. The van der Waals surface area contributed by atoms with Gasteiger partial charge in [-0.05, 0) is 24.5 Å². The second kappa shape index (κ2) is 6.42. The summed E-state index contributed by atoms with van der Waals surface area (Å²) in [4.78, 5) is 0. The highest BCUT2D eigenvalue weighted by atomic mass is 35.5. The Morgan fingerprint density at radius 1 is 1.56 bits per heavy atom. The molecule has 0 bridgehead atoms. The standard InChI is InChI=1S/C13H16ClNO/c1-3-8-16-13-10(9-11(15)4-2)6-5-7-12(13)14/h1,5-7,11H,4,8-9,15H2,2H3. The van der Waals surface area contributed by atoms with E-state index in [-0.39, 0.29) is 12.6 Å². The van der Waals surface area contributed by atoms with Crippen molar-refractivity contribution in [3.05, 3.63) is 28.8 Å². The molecule has 1 aromatic rings. The third-order valence-corrected chi connectivity index (χ3v) is 2.65. The Kier molecular flexibility index (Phi) is 5.18. The summed E-state index contributed by atoms with van der Waals surface area (Å²) < 4.78 is 5.44. The van der Waals surface area contributed by atoms with Crippen LogP contribution in [0.1, 0.15) is 18.9 Å². The van der Waals surface area contributed by atoms with Crippen LogP contribution in [0, 0.1) is 12.3 Å². The Hall–Kier alpha value is -1.17. The molecule has 1 unspecified atom stereocenters. The third-order valence-electron chi connectivity index (χ3n) is 2.35. The Labute approximate surface area is 102 Å². The SMILES string of the molecule is C#CCOc1c(Cl)cccc1CC(N)CC. The molecule has 2 N–H and O–H groups in total. The zero-order valence-electron chi connectivity index (χ0n) is 9.37. The van der Waals surface area contributed by atoms with Crippen LogP contribution in [-0.4, -0.2) is 12.6 Å². The number of nitrogens with two attached hydrogens (primary N) is 1. The fraction of sp³-hybridized carbons (Fsp3) is 0.385. The molecule has 0 aliphatic heterocycles. The number of para-hydroxylation sites is 1. The molecule has 1 aromatic carbocycles. The Morgan fingerprint density at radius 3 is 2.94 bits per heavy atom. The summed E-state index contributed by atoms with van der Waals surface area (Å²) in [7, 11) is 0. The smallest absolute Gasteiger partial charge is 0.148 e. The molecular weight excluding hydrogens is 222 g/mol. The normalized spacial score (nSPS) is 11.9. The van der Waals surface area contributed by atoms with E-state index in [2.05, 4.69) is 12.8 Å². The highest BCUT2D eigenvalue weighted by Crippen LogP contribution is 2.29. The maximum Gasteiger partial charge on any atom is 0.148 e. The highest BCUT2D eigenvalue weighted by molar-refractivity contribution is 6.32. The highest BCUT2D eigenvalue weighted by Gasteiger charge is 2.10. The van der Waals surface area contributed by atoms with Gasteiger partial charge in [0.1, 0.15) is 12.4 Å². The molecule has 0 fully saturated rings. The summed E-state index contributed by atoms with van der Waals surface area (Å²) in [6, 6.07) is 5.76. The number of terminal acetylenes is 1. The number of halogens is 1. The largest absolute Gasteiger partial charge is 0.479 e. The molecular formula is C13H16ClNO. The van der Waals surface area contributed by atoms with Gasteiger partial charge in [-0.15, -0.1) is 6.42 Å². The van der Waals surface area contributed by atoms with Crippen LogP contribution in [0.5, 0.6) is 5.75 Å². The fourth-order valence-corrected chi connectivity index (χ4v) is 1.67. The van der Waals surface area contributed by atoms with E-state index in [0.29, 0.717) is 10.8 Å². The predicted molar refractivity (Wildman–Crippen MR) is 67.8 cm³/mol. The number of ether oxygens (including phenoxy) is 1. The first kappa shape index (κ1) is 12.9. The van der Waals surface area contributed by atoms with Crippen LogP contribution in [-0.2, 0) is 6.42 Å². The molecule has 0 heterocycles. The lowest BCUT2D eigenvalue weighted by Crippen LogP contribution is -2.21. The van der Waals surface area contributed by atoms with Gasteiger partial charge in [0.15, 0.2) is 0 Å². The van der Waals surface area contributed by atoms with Gasteiger partial charge in [0.05, 0.1) is 5.02 Å². The molecule has 1 rings (SSSR count). The van der Waals surface area contributed by atoms with Gasteiger partial charge in [-0.2, -0.15) is 0 Å². The second-order valence-corrected chi connectivity index (χ2v) is 4.00. The average Bonchev–Trinajstić information content (AvgIpc) is 2.28. The van der Waals surface area contributed by atoms with Crippen LogP contribution in [0.4, 0.5) is 0 Å². The average molecular weight is 238 g/mol. The quantitative estimate of drug-likeness (QED) is 0.800. The zero-order valence-corrected chi connectivity index (χ0v) is 10.1. The summed E-state index contributed by atoms with van der Waals surface area (Å²) in [6.07, 6.45) is 6.83. The van der Waals surface area contributed by atoms with E-state index in [1.807, 2.05) is 12.1 Å². The number of benzene rings is 1. The minimum atomic E-state index is 0.117. The molecule has 0 spiro atoms. The molecule has 0 aliphatic rings. The lowest BCUT2D eigenvalue weighted by molar-refractivity contribution is 0.365. The molecule has 0 saturated carbocycles. The molecule has 16 heavy (non-hydrogen) atoms. The van der Waals surface area contributed by atoms with Gasteiger partial charge >= 0.3 is 0 Å². The van der Waals surface area contributed by atoms with E-state index in [1.54, 1.807) is 6.07 Å². The van der Waals surface area contributed by atoms with Crippen molar-refractivity contribution in [2.45, 2.75) is 25.8 Å². The van der Waals surface area contributed by atoms with Crippen molar-refractivity contribution in [2.24, 2.45) is 5.73 Å². The van der Waals surface area contributed by atoms with E-state index in [1.165, 1.54) is 0 Å². The molecule has 1 atom stereocenters. The summed E-state index contributed by atoms with van der Waals surface area (Å²) in [5.41, 5.74) is 6.92. The van der Waals surface area contributed by atoms with Gasteiger partial charge in [0.25, 0.3) is 0 Å². The Bertz CT molecular complexity index is 384. The summed E-state index contributed by atoms with van der Waals surface area (Å²) in [6.45, 7) is 2.27. The topological polar surface area (TPSA) is 35.2 Å². The minimum Gasteiger partial charge on any atom is -0.479 e. The summed E-state index contributed by atoms with van der Waals surface area (Å²) in [5.74, 6) is 3.08. The van der Waals surface area contributed by atoms with Crippen molar-refractivity contribution < 1.29 is 4.74 Å². The molecule has 0 amide bonds. The van der Waals surface area contributed by atoms with Crippen molar-refractivity contribution in [1.82, 2.24) is 0 Å². The van der Waals surface area contributed by atoms with E-state index >= 15 is 0 Å². The van der Waals surface area contributed by atoms with E-state index < -0.39 is 0 Å². The number of rotatable bonds is 5. The number of hydrogen-bond acceptors (Lipinski definition) is 2. The molecule has 0 radical (unpaired) electrons. The van der Waals surface area contributed by atoms with Gasteiger partial charge in [-0.25, -0.2) is 0 Å². The minimum absolute atomic E-state index is 0.117. The van der Waals surface area contributed by atoms with E-state index in [0.717, 1.165) is 18.4 Å². The Morgan fingerprint density at radius 2 is 2.31 bits per heavy atom. The fourth-order valence-electron chi connectivity index (χ4n) is 1.42. The van der Waals surface area contributed by atoms with Crippen molar-refractivity contribution >= 4 is 11.6 Å².